The number of pyridine rings is 1. The van der Waals surface area contributed by atoms with Crippen molar-refractivity contribution in [3.05, 3.63) is 23.9 Å². The number of nitrogens with one attached hydrogen (secondary N) is 1. The summed E-state index contributed by atoms with van der Waals surface area (Å²) in [6.07, 6.45) is 1.72. The molecule has 1 fully saturated rings. The van der Waals surface area contributed by atoms with E-state index in [0.29, 0.717) is 11.4 Å². The highest BCUT2D eigenvalue weighted by Gasteiger charge is 2.23. The maximum absolute atomic E-state index is 12.6. The fourth-order valence-corrected chi connectivity index (χ4v) is 2.40. The number of aromatic nitrogens is 1. The molecule has 1 aromatic heterocycles. The van der Waals surface area contributed by atoms with E-state index in [1.165, 1.54) is 0 Å². The Morgan fingerprint density at radius 2 is 2.05 bits per heavy atom. The molecule has 1 aliphatic rings. The van der Waals surface area contributed by atoms with Gasteiger partial charge in [-0.15, -0.1) is 0 Å². The Kier molecular flexibility index (Phi) is 4.95. The van der Waals surface area contributed by atoms with Crippen molar-refractivity contribution >= 4 is 11.7 Å². The molecule has 1 aliphatic heterocycles. The lowest BCUT2D eigenvalue weighted by Crippen LogP contribution is -2.48. The fourth-order valence-electron chi connectivity index (χ4n) is 2.40. The van der Waals surface area contributed by atoms with Crippen molar-refractivity contribution in [3.63, 3.8) is 0 Å². The second-order valence-electron chi connectivity index (χ2n) is 5.43. The summed E-state index contributed by atoms with van der Waals surface area (Å²) in [7, 11) is 0. The molecule has 1 saturated heterocycles. The zero-order valence-corrected chi connectivity index (χ0v) is 12.6. The highest BCUT2D eigenvalue weighted by Crippen LogP contribution is 2.16. The van der Waals surface area contributed by atoms with E-state index >= 15 is 0 Å². The van der Waals surface area contributed by atoms with Crippen molar-refractivity contribution in [1.29, 1.82) is 0 Å². The van der Waals surface area contributed by atoms with Gasteiger partial charge in [-0.3, -0.25) is 4.79 Å². The summed E-state index contributed by atoms with van der Waals surface area (Å²) in [6, 6.07) is 3.93. The second-order valence-corrected chi connectivity index (χ2v) is 5.43. The molecule has 0 bridgehead atoms. The van der Waals surface area contributed by atoms with E-state index in [9.17, 15) is 4.79 Å². The van der Waals surface area contributed by atoms with Crippen LogP contribution in [0.4, 0.5) is 5.82 Å². The largest absolute Gasteiger partial charge is 0.367 e. The smallest absolute Gasteiger partial charge is 0.257 e. The molecule has 0 aromatic carbocycles. The third kappa shape index (κ3) is 3.48. The number of rotatable bonds is 4. The maximum atomic E-state index is 12.6. The van der Waals surface area contributed by atoms with Crippen LogP contribution in [0, 0.1) is 0 Å². The Hall–Kier alpha value is -1.62. The van der Waals surface area contributed by atoms with Crippen molar-refractivity contribution in [2.75, 3.05) is 38.0 Å². The third-order valence-electron chi connectivity index (χ3n) is 3.57. The Morgan fingerprint density at radius 3 is 2.65 bits per heavy atom. The number of amides is 1. The Morgan fingerprint density at radius 1 is 1.35 bits per heavy atom. The van der Waals surface area contributed by atoms with Crippen LogP contribution >= 0.6 is 0 Å². The predicted molar refractivity (Wildman–Crippen MR) is 81.0 cm³/mol. The number of anilines is 1. The summed E-state index contributed by atoms with van der Waals surface area (Å²) in [6.45, 7) is 10.8. The van der Waals surface area contributed by atoms with Crippen LogP contribution < -0.4 is 5.32 Å². The first-order valence-electron chi connectivity index (χ1n) is 7.35. The molecule has 0 spiro atoms. The average molecular weight is 276 g/mol. The highest BCUT2D eigenvalue weighted by molar-refractivity contribution is 5.98. The van der Waals surface area contributed by atoms with Gasteiger partial charge in [0.15, 0.2) is 0 Å². The van der Waals surface area contributed by atoms with Crippen LogP contribution in [-0.2, 0) is 0 Å². The van der Waals surface area contributed by atoms with Gasteiger partial charge in [0, 0.05) is 38.4 Å². The van der Waals surface area contributed by atoms with E-state index in [-0.39, 0.29) is 11.9 Å². The topological polar surface area (TPSA) is 48.5 Å². The standard InChI is InChI=1S/C15H24N4O/c1-4-18-8-10-19(11-9-18)15(20)13-6-5-7-16-14(13)17-12(2)3/h5-7,12H,4,8-11H2,1-3H3,(H,16,17). The first-order chi connectivity index (χ1) is 9.61. The van der Waals surface area contributed by atoms with Crippen molar-refractivity contribution in [2.24, 2.45) is 0 Å². The molecule has 0 saturated carbocycles. The zero-order valence-electron chi connectivity index (χ0n) is 12.6. The van der Waals surface area contributed by atoms with E-state index in [0.717, 1.165) is 32.7 Å². The normalized spacial score (nSPS) is 16.5. The molecule has 0 atom stereocenters. The number of carbonyl (C=O) groups is 1. The van der Waals surface area contributed by atoms with E-state index in [2.05, 4.69) is 22.1 Å². The minimum absolute atomic E-state index is 0.0806. The van der Waals surface area contributed by atoms with Gasteiger partial charge in [0.05, 0.1) is 5.56 Å². The van der Waals surface area contributed by atoms with Gasteiger partial charge in [0.25, 0.3) is 5.91 Å². The van der Waals surface area contributed by atoms with E-state index in [1.54, 1.807) is 6.20 Å². The first kappa shape index (κ1) is 14.8. The lowest BCUT2D eigenvalue weighted by molar-refractivity contribution is 0.0644. The van der Waals surface area contributed by atoms with Gasteiger partial charge in [-0.05, 0) is 32.5 Å². The van der Waals surface area contributed by atoms with Crippen molar-refractivity contribution in [2.45, 2.75) is 26.8 Å². The maximum Gasteiger partial charge on any atom is 0.257 e. The van der Waals surface area contributed by atoms with E-state index in [4.69, 9.17) is 0 Å². The minimum atomic E-state index is 0.0806. The zero-order chi connectivity index (χ0) is 14.5. The number of carbonyl (C=O) groups excluding carboxylic acids is 1. The predicted octanol–water partition coefficient (Wildman–Crippen LogP) is 1.68. The summed E-state index contributed by atoms with van der Waals surface area (Å²) in [5, 5.41) is 3.24. The molecule has 1 aromatic rings. The Balaban J connectivity index is 2.09. The summed E-state index contributed by atoms with van der Waals surface area (Å²) in [5.74, 6) is 0.766. The second kappa shape index (κ2) is 6.70. The third-order valence-corrected chi connectivity index (χ3v) is 3.57. The van der Waals surface area contributed by atoms with Crippen LogP contribution in [0.15, 0.2) is 18.3 Å². The Labute approximate surface area is 121 Å². The van der Waals surface area contributed by atoms with Crippen LogP contribution in [0.5, 0.6) is 0 Å². The summed E-state index contributed by atoms with van der Waals surface area (Å²) < 4.78 is 0. The van der Waals surface area contributed by atoms with Crippen LogP contribution in [0.2, 0.25) is 0 Å². The quantitative estimate of drug-likeness (QED) is 0.909. The van der Waals surface area contributed by atoms with Crippen LogP contribution in [0.25, 0.3) is 0 Å². The van der Waals surface area contributed by atoms with Crippen molar-refractivity contribution in [3.8, 4) is 0 Å². The Bertz CT molecular complexity index is 453. The van der Waals surface area contributed by atoms with Gasteiger partial charge < -0.3 is 15.1 Å². The number of hydrogen-bond acceptors (Lipinski definition) is 4. The van der Waals surface area contributed by atoms with Crippen molar-refractivity contribution in [1.82, 2.24) is 14.8 Å². The molecule has 0 aliphatic carbocycles. The van der Waals surface area contributed by atoms with Gasteiger partial charge in [-0.25, -0.2) is 4.98 Å². The average Bonchev–Trinajstić information content (AvgIpc) is 2.46. The molecule has 5 heteroatoms. The molecule has 110 valence electrons. The minimum Gasteiger partial charge on any atom is -0.367 e. The molecule has 0 radical (unpaired) electrons. The van der Waals surface area contributed by atoms with Gasteiger partial charge in [0.1, 0.15) is 5.82 Å². The van der Waals surface area contributed by atoms with Crippen LogP contribution in [-0.4, -0.2) is 59.5 Å². The SMILES string of the molecule is CCN1CCN(C(=O)c2cccnc2NC(C)C)CC1. The van der Waals surface area contributed by atoms with Gasteiger partial charge >= 0.3 is 0 Å². The molecule has 1 N–H and O–H groups in total. The lowest BCUT2D eigenvalue weighted by Gasteiger charge is -2.34. The summed E-state index contributed by atoms with van der Waals surface area (Å²) >= 11 is 0. The van der Waals surface area contributed by atoms with Gasteiger partial charge in [-0.1, -0.05) is 6.92 Å². The molecular weight excluding hydrogens is 252 g/mol. The molecular formula is C15H24N4O. The monoisotopic (exact) mass is 276 g/mol. The van der Waals surface area contributed by atoms with E-state index < -0.39 is 0 Å². The fraction of sp³-hybridized carbons (Fsp3) is 0.600. The van der Waals surface area contributed by atoms with Crippen LogP contribution in [0.1, 0.15) is 31.1 Å². The van der Waals surface area contributed by atoms with Gasteiger partial charge in [0.2, 0.25) is 0 Å². The molecule has 20 heavy (non-hydrogen) atoms. The number of likely N-dealkylation sites (N-methyl/N-ethyl adjacent to an activating group) is 1. The van der Waals surface area contributed by atoms with E-state index in [1.807, 2.05) is 30.9 Å². The highest BCUT2D eigenvalue weighted by atomic mass is 16.2. The molecule has 0 unspecified atom stereocenters. The molecule has 2 rings (SSSR count). The number of piperazine rings is 1. The number of hydrogen-bond donors (Lipinski definition) is 1. The van der Waals surface area contributed by atoms with Gasteiger partial charge in [-0.2, -0.15) is 0 Å². The van der Waals surface area contributed by atoms with Crippen LogP contribution in [0.3, 0.4) is 0 Å². The number of nitrogens with zero attached hydrogens (tertiary/aromatic N) is 3. The molecule has 2 heterocycles. The lowest BCUT2D eigenvalue weighted by atomic mass is 10.2. The molecule has 1 amide bonds. The summed E-state index contributed by atoms with van der Waals surface area (Å²) in [5.41, 5.74) is 0.672. The summed E-state index contributed by atoms with van der Waals surface area (Å²) in [4.78, 5) is 21.2. The first-order valence-corrected chi connectivity index (χ1v) is 7.35. The molecule has 5 nitrogen and oxygen atoms in total. The van der Waals surface area contributed by atoms with Crippen molar-refractivity contribution < 1.29 is 4.79 Å².